The minimum Gasteiger partial charge on any atom is -0.481 e. The third kappa shape index (κ3) is 3.94. The Morgan fingerprint density at radius 1 is 1.00 bits per heavy atom. The smallest absolute Gasteiger partial charge is 0.368 e. The van der Waals surface area contributed by atoms with Gasteiger partial charge in [0, 0.05) is 36.0 Å². The zero-order valence-electron chi connectivity index (χ0n) is 16.9. The first-order valence-corrected chi connectivity index (χ1v) is 9.44. The lowest BCUT2D eigenvalue weighted by Gasteiger charge is -2.11. The quantitative estimate of drug-likeness (QED) is 0.425. The zero-order chi connectivity index (χ0) is 22.0. The van der Waals surface area contributed by atoms with Crippen LogP contribution in [0.1, 0.15) is 5.56 Å². The molecule has 0 aliphatic carbocycles. The maximum absolute atomic E-state index is 12.2. The molecule has 0 bridgehead atoms. The van der Waals surface area contributed by atoms with E-state index in [4.69, 9.17) is 25.8 Å². The van der Waals surface area contributed by atoms with E-state index < -0.39 is 5.69 Å². The average Bonchev–Trinajstić information content (AvgIpc) is 3.39. The fraction of sp³-hybridized carbons (Fsp3) is 0.211. The van der Waals surface area contributed by atoms with Crippen molar-refractivity contribution in [3.63, 3.8) is 0 Å². The number of tetrazole rings is 1. The normalized spacial score (nSPS) is 10.8. The van der Waals surface area contributed by atoms with Gasteiger partial charge in [-0.05, 0) is 28.6 Å². The largest absolute Gasteiger partial charge is 0.481 e. The van der Waals surface area contributed by atoms with Gasteiger partial charge in [0.2, 0.25) is 17.6 Å². The van der Waals surface area contributed by atoms with Crippen LogP contribution >= 0.6 is 11.6 Å². The Morgan fingerprint density at radius 3 is 2.55 bits per heavy atom. The number of aryl methyl sites for hydroxylation is 1. The molecule has 0 N–H and O–H groups in total. The second-order valence-corrected chi connectivity index (χ2v) is 6.71. The van der Waals surface area contributed by atoms with Crippen molar-refractivity contribution >= 4 is 11.6 Å². The molecule has 1 aromatic carbocycles. The standard InChI is InChI=1S/C19H18ClN7O4/c1-25-19(28)27(24-23-25)14-6-4-5-13(20)12(14)11-31-17-9-10-26(22-17)15-7-8-16(29-2)21-18(15)30-3/h4-10H,11H2,1-3H3. The number of halogens is 1. The number of benzene rings is 1. The van der Waals surface area contributed by atoms with Crippen molar-refractivity contribution in [3.05, 3.63) is 63.7 Å². The van der Waals surface area contributed by atoms with Crippen LogP contribution in [0.2, 0.25) is 5.02 Å². The predicted molar refractivity (Wildman–Crippen MR) is 110 cm³/mol. The van der Waals surface area contributed by atoms with Gasteiger partial charge in [-0.1, -0.05) is 17.7 Å². The number of hydrogen-bond acceptors (Lipinski definition) is 8. The number of rotatable bonds is 7. The first kappa shape index (κ1) is 20.4. The summed E-state index contributed by atoms with van der Waals surface area (Å²) in [6.45, 7) is 0.0625. The lowest BCUT2D eigenvalue weighted by atomic mass is 10.2. The molecule has 4 aromatic rings. The molecule has 31 heavy (non-hydrogen) atoms. The molecule has 3 heterocycles. The summed E-state index contributed by atoms with van der Waals surface area (Å²) in [7, 11) is 4.56. The van der Waals surface area contributed by atoms with Gasteiger partial charge in [0.05, 0.1) is 19.9 Å². The van der Waals surface area contributed by atoms with E-state index in [0.717, 1.165) is 9.36 Å². The molecule has 4 rings (SSSR count). The van der Waals surface area contributed by atoms with Crippen molar-refractivity contribution in [2.24, 2.45) is 7.05 Å². The van der Waals surface area contributed by atoms with E-state index in [-0.39, 0.29) is 6.61 Å². The van der Waals surface area contributed by atoms with Gasteiger partial charge in [-0.2, -0.15) is 14.3 Å². The number of pyridine rings is 1. The van der Waals surface area contributed by atoms with E-state index >= 15 is 0 Å². The van der Waals surface area contributed by atoms with E-state index in [1.807, 2.05) is 0 Å². The Kier molecular flexibility index (Phi) is 5.58. The van der Waals surface area contributed by atoms with E-state index in [1.165, 1.54) is 21.3 Å². The molecule has 0 saturated carbocycles. The van der Waals surface area contributed by atoms with Gasteiger partial charge >= 0.3 is 5.69 Å². The number of methoxy groups -OCH3 is 2. The third-order valence-electron chi connectivity index (χ3n) is 4.44. The Labute approximate surface area is 181 Å². The van der Waals surface area contributed by atoms with Gasteiger partial charge in [-0.15, -0.1) is 5.10 Å². The minimum atomic E-state index is -0.396. The van der Waals surface area contributed by atoms with Crippen molar-refractivity contribution in [2.75, 3.05) is 14.2 Å². The molecule has 0 aliphatic rings. The highest BCUT2D eigenvalue weighted by Gasteiger charge is 2.16. The van der Waals surface area contributed by atoms with Crippen LogP contribution < -0.4 is 19.9 Å². The van der Waals surface area contributed by atoms with Crippen molar-refractivity contribution in [3.8, 4) is 29.0 Å². The fourth-order valence-corrected chi connectivity index (χ4v) is 3.10. The zero-order valence-corrected chi connectivity index (χ0v) is 17.6. The van der Waals surface area contributed by atoms with Gasteiger partial charge < -0.3 is 14.2 Å². The number of hydrogen-bond donors (Lipinski definition) is 0. The van der Waals surface area contributed by atoms with Gasteiger partial charge in [0.15, 0.2) is 0 Å². The van der Waals surface area contributed by atoms with Crippen molar-refractivity contribution in [1.82, 2.24) is 34.6 Å². The van der Waals surface area contributed by atoms with Gasteiger partial charge in [0.1, 0.15) is 12.3 Å². The van der Waals surface area contributed by atoms with Crippen LogP contribution in [0.25, 0.3) is 11.4 Å². The van der Waals surface area contributed by atoms with Gasteiger partial charge in [-0.25, -0.2) is 9.48 Å². The highest BCUT2D eigenvalue weighted by Crippen LogP contribution is 2.26. The first-order chi connectivity index (χ1) is 15.0. The lowest BCUT2D eigenvalue weighted by molar-refractivity contribution is 0.291. The van der Waals surface area contributed by atoms with Crippen LogP contribution in [-0.2, 0) is 13.7 Å². The number of nitrogens with zero attached hydrogens (tertiary/aromatic N) is 7. The summed E-state index contributed by atoms with van der Waals surface area (Å²) in [4.78, 5) is 16.5. The van der Waals surface area contributed by atoms with Crippen molar-refractivity contribution in [2.45, 2.75) is 6.61 Å². The molecule has 160 valence electrons. The molecular formula is C19H18ClN7O4. The summed E-state index contributed by atoms with van der Waals surface area (Å²) in [6, 6.07) is 10.3. The highest BCUT2D eigenvalue weighted by molar-refractivity contribution is 6.31. The van der Waals surface area contributed by atoms with Crippen LogP contribution in [0.4, 0.5) is 0 Å². The van der Waals surface area contributed by atoms with Crippen molar-refractivity contribution < 1.29 is 14.2 Å². The summed E-state index contributed by atoms with van der Waals surface area (Å²) in [5.74, 6) is 1.12. The maximum atomic E-state index is 12.2. The maximum Gasteiger partial charge on any atom is 0.368 e. The second kappa shape index (κ2) is 8.48. The minimum absolute atomic E-state index is 0.0625. The monoisotopic (exact) mass is 443 g/mol. The molecule has 11 nitrogen and oxygen atoms in total. The van der Waals surface area contributed by atoms with Crippen LogP contribution in [0.5, 0.6) is 17.6 Å². The Hall–Kier alpha value is -3.86. The predicted octanol–water partition coefficient (Wildman–Crippen LogP) is 1.80. The molecule has 0 radical (unpaired) electrons. The van der Waals surface area contributed by atoms with E-state index in [1.54, 1.807) is 47.3 Å². The van der Waals surface area contributed by atoms with Crippen LogP contribution in [0.15, 0.2) is 47.4 Å². The highest BCUT2D eigenvalue weighted by atomic mass is 35.5. The van der Waals surface area contributed by atoms with E-state index in [2.05, 4.69) is 20.5 Å². The SMILES string of the molecule is COc1ccc(-n2ccc(OCc3c(Cl)cccc3-n3nnn(C)c3=O)n2)c(OC)n1. The summed E-state index contributed by atoms with van der Waals surface area (Å²) in [5.41, 5.74) is 1.27. The van der Waals surface area contributed by atoms with Crippen LogP contribution in [0.3, 0.4) is 0 Å². The van der Waals surface area contributed by atoms with Gasteiger partial charge in [-0.3, -0.25) is 0 Å². The molecule has 0 fully saturated rings. The summed E-state index contributed by atoms with van der Waals surface area (Å²) < 4.78 is 20.1. The van der Waals surface area contributed by atoms with Crippen LogP contribution in [-0.4, -0.2) is 48.8 Å². The molecule has 0 spiro atoms. The topological polar surface area (TPSA) is 111 Å². The van der Waals surface area contributed by atoms with Gasteiger partial charge in [0.25, 0.3) is 0 Å². The lowest BCUT2D eigenvalue weighted by Crippen LogP contribution is -2.23. The van der Waals surface area contributed by atoms with Crippen LogP contribution in [0, 0.1) is 0 Å². The molecule has 0 atom stereocenters. The number of ether oxygens (including phenoxy) is 3. The molecular weight excluding hydrogens is 426 g/mol. The van der Waals surface area contributed by atoms with Crippen molar-refractivity contribution in [1.29, 1.82) is 0 Å². The Balaban J connectivity index is 1.59. The second-order valence-electron chi connectivity index (χ2n) is 6.30. The molecule has 12 heteroatoms. The third-order valence-corrected chi connectivity index (χ3v) is 4.79. The molecule has 0 aliphatic heterocycles. The van der Waals surface area contributed by atoms with E-state index in [9.17, 15) is 4.79 Å². The summed E-state index contributed by atoms with van der Waals surface area (Å²) in [5, 5.41) is 12.4. The summed E-state index contributed by atoms with van der Waals surface area (Å²) >= 11 is 6.36. The Bertz CT molecular complexity index is 1280. The number of aromatic nitrogens is 7. The Morgan fingerprint density at radius 2 is 1.84 bits per heavy atom. The summed E-state index contributed by atoms with van der Waals surface area (Å²) in [6.07, 6.45) is 1.71. The van der Waals surface area contributed by atoms with E-state index in [0.29, 0.717) is 39.6 Å². The molecule has 0 amide bonds. The fourth-order valence-electron chi connectivity index (χ4n) is 2.87. The molecule has 0 unspecified atom stereocenters. The molecule has 0 saturated heterocycles. The first-order valence-electron chi connectivity index (χ1n) is 9.06. The molecule has 3 aromatic heterocycles. The average molecular weight is 444 g/mol.